The zero-order valence-corrected chi connectivity index (χ0v) is 20.0. The average Bonchev–Trinajstić information content (AvgIpc) is 2.78. The monoisotopic (exact) mass is 467 g/mol. The highest BCUT2D eigenvalue weighted by molar-refractivity contribution is 7.89. The number of halogens is 1. The molecule has 0 aliphatic rings. The molecule has 0 fully saturated rings. The molecule has 6 heteroatoms. The molecule has 3 aromatic carbocycles. The first-order valence-corrected chi connectivity index (χ1v) is 12.7. The Balaban J connectivity index is 1.73. The Bertz CT molecular complexity index is 1190. The minimum atomic E-state index is -3.73. The van der Waals surface area contributed by atoms with E-state index in [1.807, 2.05) is 74.5 Å². The zero-order chi connectivity index (χ0) is 24.0. The summed E-state index contributed by atoms with van der Waals surface area (Å²) in [6, 6.07) is 22.0. The van der Waals surface area contributed by atoms with E-state index in [2.05, 4.69) is 4.72 Å². The van der Waals surface area contributed by atoms with Crippen LogP contribution in [-0.2, 0) is 16.4 Å². The number of rotatable bonds is 10. The summed E-state index contributed by atoms with van der Waals surface area (Å²) in [5.41, 5.74) is 3.09. The fourth-order valence-electron chi connectivity index (χ4n) is 3.96. The van der Waals surface area contributed by atoms with Crippen molar-refractivity contribution in [3.63, 3.8) is 0 Å². The van der Waals surface area contributed by atoms with Gasteiger partial charge in [0.15, 0.2) is 5.78 Å². The first-order chi connectivity index (χ1) is 15.7. The van der Waals surface area contributed by atoms with Crippen molar-refractivity contribution in [3.8, 4) is 11.1 Å². The topological polar surface area (TPSA) is 63.2 Å². The Morgan fingerprint density at radius 2 is 1.55 bits per heavy atom. The van der Waals surface area contributed by atoms with Gasteiger partial charge >= 0.3 is 0 Å². The molecule has 0 amide bonds. The SMILES string of the molecule is Cc1c(-c2ccccc2)ccc(F)c1C(=O)CNS(=O)(=O)CC(Cc1ccccc1)C(C)C. The third-order valence-corrected chi connectivity index (χ3v) is 7.40. The molecular weight excluding hydrogens is 437 g/mol. The molecule has 0 bridgehead atoms. The van der Waals surface area contributed by atoms with Gasteiger partial charge in [-0.25, -0.2) is 17.5 Å². The van der Waals surface area contributed by atoms with Crippen molar-refractivity contribution in [3.05, 3.63) is 95.3 Å². The van der Waals surface area contributed by atoms with Crippen molar-refractivity contribution in [2.75, 3.05) is 12.3 Å². The molecule has 174 valence electrons. The van der Waals surface area contributed by atoms with Crippen LogP contribution in [0.15, 0.2) is 72.8 Å². The molecule has 0 aromatic heterocycles. The predicted molar refractivity (Wildman–Crippen MR) is 131 cm³/mol. The van der Waals surface area contributed by atoms with Crippen molar-refractivity contribution in [2.45, 2.75) is 27.2 Å². The molecule has 33 heavy (non-hydrogen) atoms. The number of carbonyl (C=O) groups excluding carboxylic acids is 1. The maximum atomic E-state index is 14.6. The lowest BCUT2D eigenvalue weighted by molar-refractivity contribution is 0.0992. The van der Waals surface area contributed by atoms with Crippen LogP contribution in [0.25, 0.3) is 11.1 Å². The Hall–Kier alpha value is -2.83. The van der Waals surface area contributed by atoms with Gasteiger partial charge in [0.25, 0.3) is 0 Å². The van der Waals surface area contributed by atoms with Gasteiger partial charge in [-0.2, -0.15) is 0 Å². The van der Waals surface area contributed by atoms with Crippen molar-refractivity contribution in [1.29, 1.82) is 0 Å². The first kappa shape index (κ1) is 24.8. The quantitative estimate of drug-likeness (QED) is 0.405. The molecule has 0 saturated carbocycles. The number of benzene rings is 3. The molecular formula is C27H30FNO3S. The van der Waals surface area contributed by atoms with Crippen molar-refractivity contribution in [2.24, 2.45) is 11.8 Å². The minimum Gasteiger partial charge on any atom is -0.293 e. The van der Waals surface area contributed by atoms with E-state index in [9.17, 15) is 17.6 Å². The lowest BCUT2D eigenvalue weighted by Crippen LogP contribution is -2.36. The van der Waals surface area contributed by atoms with E-state index < -0.39 is 28.2 Å². The van der Waals surface area contributed by atoms with Crippen LogP contribution in [0, 0.1) is 24.6 Å². The summed E-state index contributed by atoms with van der Waals surface area (Å²) < 4.78 is 42.5. The summed E-state index contributed by atoms with van der Waals surface area (Å²) in [4.78, 5) is 12.9. The van der Waals surface area contributed by atoms with Gasteiger partial charge in [0.2, 0.25) is 10.0 Å². The molecule has 0 radical (unpaired) electrons. The van der Waals surface area contributed by atoms with Crippen molar-refractivity contribution in [1.82, 2.24) is 4.72 Å². The Morgan fingerprint density at radius 3 is 2.15 bits per heavy atom. The second-order valence-corrected chi connectivity index (χ2v) is 10.5. The van der Waals surface area contributed by atoms with E-state index in [1.165, 1.54) is 6.07 Å². The van der Waals surface area contributed by atoms with Crippen LogP contribution in [0.5, 0.6) is 0 Å². The van der Waals surface area contributed by atoms with Gasteiger partial charge in [0.1, 0.15) is 5.82 Å². The zero-order valence-electron chi connectivity index (χ0n) is 19.2. The molecule has 1 unspecified atom stereocenters. The molecule has 0 spiro atoms. The number of sulfonamides is 1. The molecule has 3 rings (SSSR count). The fraction of sp³-hybridized carbons (Fsp3) is 0.296. The minimum absolute atomic E-state index is 0.0799. The second kappa shape index (κ2) is 10.9. The number of nitrogens with one attached hydrogen (secondary N) is 1. The van der Waals surface area contributed by atoms with Gasteiger partial charge in [-0.1, -0.05) is 80.6 Å². The van der Waals surface area contributed by atoms with Gasteiger partial charge in [-0.15, -0.1) is 0 Å². The summed E-state index contributed by atoms with van der Waals surface area (Å²) in [5, 5.41) is 0. The summed E-state index contributed by atoms with van der Waals surface area (Å²) in [5.74, 6) is -1.31. The highest BCUT2D eigenvalue weighted by Crippen LogP contribution is 2.27. The number of hydrogen-bond donors (Lipinski definition) is 1. The largest absolute Gasteiger partial charge is 0.293 e. The molecule has 0 saturated heterocycles. The maximum absolute atomic E-state index is 14.6. The molecule has 4 nitrogen and oxygen atoms in total. The van der Waals surface area contributed by atoms with E-state index in [0.717, 1.165) is 16.7 Å². The standard InChI is InChI=1S/C27H30FNO3S/c1-19(2)23(16-21-10-6-4-7-11-21)18-33(31,32)29-17-26(30)27-20(3)24(14-15-25(27)28)22-12-8-5-9-13-22/h4-15,19,23,29H,16-18H2,1-3H3. The van der Waals surface area contributed by atoms with Crippen molar-refractivity contribution >= 4 is 15.8 Å². The van der Waals surface area contributed by atoms with E-state index in [1.54, 1.807) is 13.0 Å². The Labute approximate surface area is 195 Å². The van der Waals surface area contributed by atoms with E-state index in [4.69, 9.17) is 0 Å². The fourth-order valence-corrected chi connectivity index (χ4v) is 5.50. The maximum Gasteiger partial charge on any atom is 0.212 e. The van der Waals surface area contributed by atoms with Crippen LogP contribution in [0.3, 0.4) is 0 Å². The third kappa shape index (κ3) is 6.59. The van der Waals surface area contributed by atoms with Crippen LogP contribution < -0.4 is 4.72 Å². The normalized spacial score (nSPS) is 12.6. The number of ketones is 1. The summed E-state index contributed by atoms with van der Waals surface area (Å²) in [6.45, 7) is 5.18. The van der Waals surface area contributed by atoms with E-state index in [-0.39, 0.29) is 23.2 Å². The number of carbonyl (C=O) groups is 1. The Kier molecular flexibility index (Phi) is 8.16. The van der Waals surface area contributed by atoms with Crippen molar-refractivity contribution < 1.29 is 17.6 Å². The summed E-state index contributed by atoms with van der Waals surface area (Å²) >= 11 is 0. The second-order valence-electron chi connectivity index (χ2n) is 8.68. The predicted octanol–water partition coefficient (Wildman–Crippen LogP) is 5.42. The highest BCUT2D eigenvalue weighted by atomic mass is 32.2. The molecule has 0 aliphatic heterocycles. The van der Waals surface area contributed by atoms with Gasteiger partial charge in [0.05, 0.1) is 17.9 Å². The molecule has 3 aromatic rings. The van der Waals surface area contributed by atoms with Gasteiger partial charge in [0, 0.05) is 0 Å². The summed E-state index contributed by atoms with van der Waals surface area (Å²) in [6.07, 6.45) is 0.625. The van der Waals surface area contributed by atoms with E-state index in [0.29, 0.717) is 12.0 Å². The average molecular weight is 468 g/mol. The van der Waals surface area contributed by atoms with Crippen LogP contribution in [0.4, 0.5) is 4.39 Å². The molecule has 1 N–H and O–H groups in total. The van der Waals surface area contributed by atoms with Gasteiger partial charge in [-0.3, -0.25) is 4.79 Å². The Morgan fingerprint density at radius 1 is 0.939 bits per heavy atom. The third-order valence-electron chi connectivity index (χ3n) is 5.95. The van der Waals surface area contributed by atoms with Crippen LogP contribution in [0.2, 0.25) is 0 Å². The number of hydrogen-bond acceptors (Lipinski definition) is 3. The van der Waals surface area contributed by atoms with Crippen LogP contribution in [0.1, 0.15) is 35.3 Å². The first-order valence-electron chi connectivity index (χ1n) is 11.1. The smallest absolute Gasteiger partial charge is 0.212 e. The molecule has 0 aliphatic carbocycles. The molecule has 0 heterocycles. The molecule has 1 atom stereocenters. The van der Waals surface area contributed by atoms with E-state index >= 15 is 0 Å². The van der Waals surface area contributed by atoms with Gasteiger partial charge in [-0.05, 0) is 53.5 Å². The van der Waals surface area contributed by atoms with Crippen LogP contribution in [-0.4, -0.2) is 26.5 Å². The van der Waals surface area contributed by atoms with Gasteiger partial charge < -0.3 is 0 Å². The van der Waals surface area contributed by atoms with Crippen LogP contribution >= 0.6 is 0 Å². The summed E-state index contributed by atoms with van der Waals surface area (Å²) in [7, 11) is -3.73. The lowest BCUT2D eigenvalue weighted by atomic mass is 9.91. The highest BCUT2D eigenvalue weighted by Gasteiger charge is 2.24. The number of Topliss-reactive ketones (excluding diaryl/α,β-unsaturated/α-hetero) is 1. The lowest BCUT2D eigenvalue weighted by Gasteiger charge is -2.21.